The molecule has 6 nitrogen and oxygen atoms in total. The zero-order valence-corrected chi connectivity index (χ0v) is 27.1. The average Bonchev–Trinajstić information content (AvgIpc) is 3.25. The number of carbonyl (C=O) groups is 1. The van der Waals surface area contributed by atoms with Crippen LogP contribution in [0.2, 0.25) is 0 Å². The molecule has 3 fully saturated rings. The van der Waals surface area contributed by atoms with Crippen LogP contribution in [-0.2, 0) is 28.5 Å². The molecule has 40 heavy (non-hydrogen) atoms. The lowest BCUT2D eigenvalue weighted by molar-refractivity contribution is -0.193. The maximum atomic E-state index is 11.4. The van der Waals surface area contributed by atoms with Crippen LogP contribution in [0.3, 0.4) is 0 Å². The highest BCUT2D eigenvalue weighted by atomic mass is 79.9. The molecule has 0 aromatic carbocycles. The summed E-state index contributed by atoms with van der Waals surface area (Å²) in [6.07, 6.45) is 21.4. The number of hydrogen-bond acceptors (Lipinski definition) is 6. The molecule has 8 atom stereocenters. The molecule has 1 saturated carbocycles. The van der Waals surface area contributed by atoms with E-state index in [2.05, 4.69) is 54.9 Å². The second-order valence-corrected chi connectivity index (χ2v) is 13.4. The molecule has 1 aliphatic carbocycles. The van der Waals surface area contributed by atoms with E-state index in [1.54, 1.807) is 0 Å². The van der Waals surface area contributed by atoms with Crippen molar-refractivity contribution in [3.8, 4) is 0 Å². The van der Waals surface area contributed by atoms with Gasteiger partial charge in [0.2, 0.25) is 0 Å². The first-order chi connectivity index (χ1) is 19.4. The molecule has 7 heteroatoms. The third-order valence-electron chi connectivity index (χ3n) is 8.63. The highest BCUT2D eigenvalue weighted by molar-refractivity contribution is 9.09. The third kappa shape index (κ3) is 11.9. The SMILES string of the molecule is COC(=O)CCCCCC[C@@H]1[C@@H](C=C[C@@H](OC2CCCCO2)C(C)CC=C(C)C)[C@H](OC2CCCCO2)C[C@H]1Br. The molecular formula is C33H55BrO6. The van der Waals surface area contributed by atoms with Crippen molar-refractivity contribution >= 4 is 21.9 Å². The minimum absolute atomic E-state index is 0.00127. The maximum Gasteiger partial charge on any atom is 0.305 e. The van der Waals surface area contributed by atoms with Crippen molar-refractivity contribution in [3.63, 3.8) is 0 Å². The molecule has 2 aliphatic heterocycles. The van der Waals surface area contributed by atoms with E-state index in [1.165, 1.54) is 19.1 Å². The lowest BCUT2D eigenvalue weighted by Crippen LogP contribution is -2.32. The molecular weight excluding hydrogens is 572 g/mol. The summed E-state index contributed by atoms with van der Waals surface area (Å²) in [7, 11) is 1.46. The van der Waals surface area contributed by atoms with Gasteiger partial charge in [-0.2, -0.15) is 0 Å². The highest BCUT2D eigenvalue weighted by Crippen LogP contribution is 2.44. The predicted octanol–water partition coefficient (Wildman–Crippen LogP) is 8.27. The number of ether oxygens (including phenoxy) is 5. The summed E-state index contributed by atoms with van der Waals surface area (Å²) in [5.41, 5.74) is 1.34. The summed E-state index contributed by atoms with van der Waals surface area (Å²) in [5.74, 6) is 1.04. The number of rotatable bonds is 16. The number of esters is 1. The van der Waals surface area contributed by atoms with E-state index in [0.717, 1.165) is 90.3 Å². The van der Waals surface area contributed by atoms with Crippen LogP contribution in [0.1, 0.15) is 111 Å². The molecule has 230 valence electrons. The minimum atomic E-state index is -0.117. The molecule has 3 unspecified atom stereocenters. The molecule has 0 aromatic rings. The number of unbranched alkanes of at least 4 members (excludes halogenated alkanes) is 3. The molecule has 0 spiro atoms. The van der Waals surface area contributed by atoms with Gasteiger partial charge in [-0.1, -0.05) is 65.9 Å². The van der Waals surface area contributed by atoms with E-state index in [0.29, 0.717) is 29.0 Å². The van der Waals surface area contributed by atoms with Crippen molar-refractivity contribution in [3.05, 3.63) is 23.8 Å². The molecule has 0 bridgehead atoms. The Bertz CT molecular complexity index is 769. The fourth-order valence-corrected chi connectivity index (χ4v) is 7.12. The Labute approximate surface area is 252 Å². The van der Waals surface area contributed by atoms with Gasteiger partial charge in [0.15, 0.2) is 12.6 Å². The molecule has 3 aliphatic rings. The van der Waals surface area contributed by atoms with Crippen molar-refractivity contribution in [1.82, 2.24) is 0 Å². The Balaban J connectivity index is 1.68. The number of halogens is 1. The second kappa shape index (κ2) is 18.7. The van der Waals surface area contributed by atoms with E-state index >= 15 is 0 Å². The summed E-state index contributed by atoms with van der Waals surface area (Å²) in [5, 5.41) is 0. The monoisotopic (exact) mass is 626 g/mol. The smallest absolute Gasteiger partial charge is 0.305 e. The molecule has 0 N–H and O–H groups in total. The molecule has 0 radical (unpaired) electrons. The number of alkyl halides is 1. The van der Waals surface area contributed by atoms with Crippen LogP contribution in [0.4, 0.5) is 0 Å². The largest absolute Gasteiger partial charge is 0.469 e. The van der Waals surface area contributed by atoms with Gasteiger partial charge in [-0.25, -0.2) is 0 Å². The summed E-state index contributed by atoms with van der Waals surface area (Å²) in [4.78, 5) is 11.8. The quantitative estimate of drug-likeness (QED) is 0.0743. The number of carbonyl (C=O) groups excluding carboxylic acids is 1. The first kappa shape index (κ1) is 33.8. The Morgan fingerprint density at radius 3 is 2.35 bits per heavy atom. The van der Waals surface area contributed by atoms with Gasteiger partial charge in [0.25, 0.3) is 0 Å². The van der Waals surface area contributed by atoms with Gasteiger partial charge in [-0.05, 0) is 89.9 Å². The van der Waals surface area contributed by atoms with Crippen molar-refractivity contribution in [2.24, 2.45) is 17.8 Å². The Hall–Kier alpha value is -0.730. The fraction of sp³-hybridized carbons (Fsp3) is 0.848. The lowest BCUT2D eigenvalue weighted by Gasteiger charge is -2.31. The standard InChI is InChI=1S/C33H55BrO6/c1-24(2)17-18-25(3)29(39-32-15-9-11-21-37-32)20-19-27-26(13-7-5-6-8-14-31(35)36-4)28(34)23-30(27)40-33-16-10-12-22-38-33/h17,19-20,25-30,32-33H,5-16,18,21-23H2,1-4H3/t25?,26-,27-,28-,29-,30-,32?,33?/m1/s1. The van der Waals surface area contributed by atoms with E-state index < -0.39 is 0 Å². The van der Waals surface area contributed by atoms with Crippen LogP contribution < -0.4 is 0 Å². The summed E-state index contributed by atoms with van der Waals surface area (Å²) in [6.45, 7) is 8.19. The van der Waals surface area contributed by atoms with Crippen LogP contribution in [0.15, 0.2) is 23.8 Å². The predicted molar refractivity (Wildman–Crippen MR) is 163 cm³/mol. The van der Waals surface area contributed by atoms with Gasteiger partial charge >= 0.3 is 5.97 Å². The van der Waals surface area contributed by atoms with Crippen molar-refractivity contribution in [2.45, 2.75) is 140 Å². The second-order valence-electron chi connectivity index (χ2n) is 12.3. The van der Waals surface area contributed by atoms with Gasteiger partial charge in [0.05, 0.1) is 19.3 Å². The van der Waals surface area contributed by atoms with Gasteiger partial charge in [-0.15, -0.1) is 0 Å². The number of hydrogen-bond donors (Lipinski definition) is 0. The topological polar surface area (TPSA) is 63.2 Å². The van der Waals surface area contributed by atoms with Crippen molar-refractivity contribution in [1.29, 1.82) is 0 Å². The zero-order chi connectivity index (χ0) is 28.7. The van der Waals surface area contributed by atoms with Gasteiger partial charge in [0, 0.05) is 30.4 Å². The fourth-order valence-electron chi connectivity index (χ4n) is 6.13. The minimum Gasteiger partial charge on any atom is -0.469 e. The maximum absolute atomic E-state index is 11.4. The van der Waals surface area contributed by atoms with Crippen LogP contribution in [0, 0.1) is 17.8 Å². The van der Waals surface area contributed by atoms with Gasteiger partial charge in [0.1, 0.15) is 0 Å². The van der Waals surface area contributed by atoms with Crippen molar-refractivity contribution < 1.29 is 28.5 Å². The Kier molecular flexibility index (Phi) is 15.8. The number of methoxy groups -OCH3 is 1. The molecule has 2 heterocycles. The highest BCUT2D eigenvalue weighted by Gasteiger charge is 2.42. The zero-order valence-electron chi connectivity index (χ0n) is 25.5. The number of allylic oxidation sites excluding steroid dienone is 2. The first-order valence-electron chi connectivity index (χ1n) is 15.9. The van der Waals surface area contributed by atoms with Crippen LogP contribution in [-0.4, -0.2) is 55.9 Å². The van der Waals surface area contributed by atoms with Crippen LogP contribution in [0.25, 0.3) is 0 Å². The van der Waals surface area contributed by atoms with Gasteiger partial charge < -0.3 is 23.7 Å². The van der Waals surface area contributed by atoms with Crippen LogP contribution in [0.5, 0.6) is 0 Å². The lowest BCUT2D eigenvalue weighted by atomic mass is 9.88. The Morgan fingerprint density at radius 1 is 1.00 bits per heavy atom. The molecule has 3 rings (SSSR count). The molecule has 0 amide bonds. The van der Waals surface area contributed by atoms with Crippen molar-refractivity contribution in [2.75, 3.05) is 20.3 Å². The van der Waals surface area contributed by atoms with Gasteiger partial charge in [-0.3, -0.25) is 4.79 Å². The first-order valence-corrected chi connectivity index (χ1v) is 16.9. The summed E-state index contributed by atoms with van der Waals surface area (Å²) in [6, 6.07) is 0. The molecule has 2 saturated heterocycles. The molecule has 0 aromatic heterocycles. The van der Waals surface area contributed by atoms with E-state index in [4.69, 9.17) is 23.7 Å². The van der Waals surface area contributed by atoms with E-state index in [1.807, 2.05) is 0 Å². The van der Waals surface area contributed by atoms with E-state index in [9.17, 15) is 4.79 Å². The normalized spacial score (nSPS) is 30.7. The Morgan fingerprint density at radius 2 is 1.70 bits per heavy atom. The summed E-state index contributed by atoms with van der Waals surface area (Å²) < 4.78 is 30.0. The third-order valence-corrected chi connectivity index (χ3v) is 9.69. The summed E-state index contributed by atoms with van der Waals surface area (Å²) >= 11 is 4.04. The van der Waals surface area contributed by atoms with E-state index in [-0.39, 0.29) is 30.8 Å². The average molecular weight is 628 g/mol. The van der Waals surface area contributed by atoms with Crippen LogP contribution >= 0.6 is 15.9 Å².